The molecule has 4 aromatic rings. The lowest BCUT2D eigenvalue weighted by molar-refractivity contribution is 0.101. The molecule has 1 saturated heterocycles. The van der Waals surface area contributed by atoms with Crippen LogP contribution in [0.25, 0.3) is 11.4 Å². The van der Waals surface area contributed by atoms with Crippen LogP contribution in [0, 0.1) is 5.95 Å². The van der Waals surface area contributed by atoms with Crippen molar-refractivity contribution < 1.29 is 13.9 Å². The second kappa shape index (κ2) is 9.84. The molecule has 0 bridgehead atoms. The molecule has 0 spiro atoms. The van der Waals surface area contributed by atoms with Gasteiger partial charge in [-0.1, -0.05) is 30.3 Å². The number of carbonyl (C=O) groups excluding carboxylic acids is 1. The summed E-state index contributed by atoms with van der Waals surface area (Å²) in [7, 11) is 1.66. The zero-order valence-electron chi connectivity index (χ0n) is 19.2. The normalized spacial score (nSPS) is 13.5. The number of hydrogen-bond donors (Lipinski definition) is 2. The third kappa shape index (κ3) is 4.93. The maximum Gasteiger partial charge on any atom is 0.279 e. The average molecular weight is 473 g/mol. The smallest absolute Gasteiger partial charge is 0.279 e. The lowest BCUT2D eigenvalue weighted by Gasteiger charge is -2.36. The van der Waals surface area contributed by atoms with Gasteiger partial charge >= 0.3 is 0 Å². The van der Waals surface area contributed by atoms with Gasteiger partial charge < -0.3 is 24.8 Å². The molecule has 2 aromatic carbocycles. The van der Waals surface area contributed by atoms with E-state index in [-0.39, 0.29) is 5.69 Å². The Hall–Kier alpha value is -4.40. The van der Waals surface area contributed by atoms with Gasteiger partial charge in [-0.15, -0.1) is 0 Å². The molecule has 1 aliphatic heterocycles. The number of benzene rings is 2. The Morgan fingerprint density at radius 1 is 0.971 bits per heavy atom. The Balaban J connectivity index is 1.19. The standard InChI is InChI=1S/C26H25FN6O2/c1-35-21-10-8-20(9-11-21)32-13-15-33(16-14-32)22-12-7-19(17-28-22)29-26(34)23-24(27)31-25(30-23)18-5-3-2-4-6-18/h2-12,17H,13-16H2,1H3,(H,29,34)(H,30,31). The number of rotatable bonds is 6. The van der Waals surface area contributed by atoms with Crippen molar-refractivity contribution in [3.63, 3.8) is 0 Å². The fraction of sp³-hybridized carbons (Fsp3) is 0.192. The molecule has 2 aromatic heterocycles. The monoisotopic (exact) mass is 472 g/mol. The SMILES string of the molecule is COc1ccc(N2CCN(c3ccc(NC(=O)c4nc(-c5ccccc5)[nH]c4F)cn3)CC2)cc1. The Morgan fingerprint density at radius 3 is 2.34 bits per heavy atom. The first-order valence-electron chi connectivity index (χ1n) is 11.3. The van der Waals surface area contributed by atoms with Crippen LogP contribution in [0.4, 0.5) is 21.6 Å². The molecular weight excluding hydrogens is 447 g/mol. The highest BCUT2D eigenvalue weighted by molar-refractivity contribution is 6.03. The summed E-state index contributed by atoms with van der Waals surface area (Å²) in [5.41, 5.74) is 2.04. The highest BCUT2D eigenvalue weighted by Gasteiger charge is 2.20. The van der Waals surface area contributed by atoms with Gasteiger partial charge in [-0.3, -0.25) is 4.79 Å². The van der Waals surface area contributed by atoms with Crippen molar-refractivity contribution >= 4 is 23.1 Å². The van der Waals surface area contributed by atoms with Gasteiger partial charge in [-0.05, 0) is 36.4 Å². The number of imidazole rings is 1. The topological polar surface area (TPSA) is 86.4 Å². The minimum atomic E-state index is -0.777. The van der Waals surface area contributed by atoms with Crippen LogP contribution in [0.5, 0.6) is 5.75 Å². The highest BCUT2D eigenvalue weighted by atomic mass is 19.1. The van der Waals surface area contributed by atoms with Crippen molar-refractivity contribution in [2.24, 2.45) is 0 Å². The predicted molar refractivity (Wildman–Crippen MR) is 134 cm³/mol. The van der Waals surface area contributed by atoms with Crippen LogP contribution in [0.1, 0.15) is 10.5 Å². The third-order valence-electron chi connectivity index (χ3n) is 5.97. The molecule has 9 heteroatoms. The molecule has 178 valence electrons. The van der Waals surface area contributed by atoms with Gasteiger partial charge in [0, 0.05) is 37.4 Å². The molecule has 1 amide bonds. The number of pyridine rings is 1. The fourth-order valence-corrected chi connectivity index (χ4v) is 4.06. The van der Waals surface area contributed by atoms with Gasteiger partial charge in [0.05, 0.1) is 19.0 Å². The van der Waals surface area contributed by atoms with Crippen LogP contribution in [0.3, 0.4) is 0 Å². The van der Waals surface area contributed by atoms with Crippen molar-refractivity contribution in [3.05, 3.63) is 84.6 Å². The number of aromatic nitrogens is 3. The van der Waals surface area contributed by atoms with E-state index in [9.17, 15) is 9.18 Å². The summed E-state index contributed by atoms with van der Waals surface area (Å²) < 4.78 is 19.6. The summed E-state index contributed by atoms with van der Waals surface area (Å²) in [4.78, 5) is 28.3. The van der Waals surface area contributed by atoms with Crippen LogP contribution in [0.15, 0.2) is 72.9 Å². The van der Waals surface area contributed by atoms with Gasteiger partial charge in [0.1, 0.15) is 17.4 Å². The molecule has 8 nitrogen and oxygen atoms in total. The zero-order valence-corrected chi connectivity index (χ0v) is 19.2. The Bertz CT molecular complexity index is 1280. The molecule has 0 unspecified atom stereocenters. The largest absolute Gasteiger partial charge is 0.497 e. The second-order valence-electron chi connectivity index (χ2n) is 8.15. The number of nitrogens with one attached hydrogen (secondary N) is 2. The van der Waals surface area contributed by atoms with Crippen molar-refractivity contribution in [1.82, 2.24) is 15.0 Å². The number of halogens is 1. The molecule has 0 saturated carbocycles. The van der Waals surface area contributed by atoms with E-state index in [0.29, 0.717) is 17.1 Å². The number of anilines is 3. The van der Waals surface area contributed by atoms with Gasteiger partial charge in [0.2, 0.25) is 5.95 Å². The maximum atomic E-state index is 14.3. The quantitative estimate of drug-likeness (QED) is 0.438. The van der Waals surface area contributed by atoms with Crippen molar-refractivity contribution in [2.75, 3.05) is 48.4 Å². The summed E-state index contributed by atoms with van der Waals surface area (Å²) in [5.74, 6) is 0.560. The van der Waals surface area contributed by atoms with Crippen LogP contribution in [-0.4, -0.2) is 54.1 Å². The Kier molecular flexibility index (Phi) is 6.30. The minimum absolute atomic E-state index is 0.289. The van der Waals surface area contributed by atoms with E-state index in [1.165, 1.54) is 0 Å². The number of ether oxygens (including phenoxy) is 1. The minimum Gasteiger partial charge on any atom is -0.497 e. The molecule has 2 N–H and O–H groups in total. The molecule has 3 heterocycles. The Morgan fingerprint density at radius 2 is 1.69 bits per heavy atom. The van der Waals surface area contributed by atoms with E-state index in [2.05, 4.69) is 42.2 Å². The van der Waals surface area contributed by atoms with E-state index >= 15 is 0 Å². The van der Waals surface area contributed by atoms with Crippen LogP contribution >= 0.6 is 0 Å². The first-order valence-corrected chi connectivity index (χ1v) is 11.3. The molecule has 0 aliphatic carbocycles. The summed E-state index contributed by atoms with van der Waals surface area (Å²) in [6, 6.07) is 20.8. The number of nitrogens with zero attached hydrogens (tertiary/aromatic N) is 4. The number of methoxy groups -OCH3 is 1. The van der Waals surface area contributed by atoms with E-state index in [0.717, 1.165) is 43.4 Å². The number of hydrogen-bond acceptors (Lipinski definition) is 6. The van der Waals surface area contributed by atoms with Crippen LogP contribution in [0.2, 0.25) is 0 Å². The number of carbonyl (C=O) groups is 1. The number of amides is 1. The van der Waals surface area contributed by atoms with E-state index in [1.54, 1.807) is 31.5 Å². The van der Waals surface area contributed by atoms with E-state index < -0.39 is 11.9 Å². The van der Waals surface area contributed by atoms with Crippen molar-refractivity contribution in [1.29, 1.82) is 0 Å². The van der Waals surface area contributed by atoms with Crippen molar-refractivity contribution in [2.45, 2.75) is 0 Å². The van der Waals surface area contributed by atoms with Gasteiger partial charge in [0.15, 0.2) is 5.69 Å². The van der Waals surface area contributed by atoms with Gasteiger partial charge in [-0.2, -0.15) is 4.39 Å². The zero-order chi connectivity index (χ0) is 24.2. The molecule has 1 fully saturated rings. The molecule has 0 atom stereocenters. The summed E-state index contributed by atoms with van der Waals surface area (Å²) in [6.45, 7) is 3.39. The molecule has 1 aliphatic rings. The lowest BCUT2D eigenvalue weighted by Crippen LogP contribution is -2.46. The van der Waals surface area contributed by atoms with Crippen LogP contribution < -0.4 is 19.9 Å². The van der Waals surface area contributed by atoms with Crippen LogP contribution in [-0.2, 0) is 0 Å². The summed E-state index contributed by atoms with van der Waals surface area (Å²) in [5, 5.41) is 2.67. The molecule has 5 rings (SSSR count). The fourth-order valence-electron chi connectivity index (χ4n) is 4.06. The first kappa shape index (κ1) is 22.4. The number of aromatic amines is 1. The van der Waals surface area contributed by atoms with E-state index in [4.69, 9.17) is 4.74 Å². The summed E-state index contributed by atoms with van der Waals surface area (Å²) >= 11 is 0. The number of piperazine rings is 1. The Labute approximate surface area is 202 Å². The van der Waals surface area contributed by atoms with Gasteiger partial charge in [0.25, 0.3) is 5.91 Å². The number of H-pyrrole nitrogens is 1. The first-order chi connectivity index (χ1) is 17.1. The average Bonchev–Trinajstić information content (AvgIpc) is 3.31. The molecular formula is C26H25FN6O2. The second-order valence-corrected chi connectivity index (χ2v) is 8.15. The third-order valence-corrected chi connectivity index (χ3v) is 5.97. The van der Waals surface area contributed by atoms with Gasteiger partial charge in [-0.25, -0.2) is 9.97 Å². The predicted octanol–water partition coefficient (Wildman–Crippen LogP) is 4.20. The van der Waals surface area contributed by atoms with E-state index in [1.807, 2.05) is 36.4 Å². The molecule has 0 radical (unpaired) electrons. The maximum absolute atomic E-state index is 14.3. The summed E-state index contributed by atoms with van der Waals surface area (Å²) in [6.07, 6.45) is 1.58. The lowest BCUT2D eigenvalue weighted by atomic mass is 10.2. The molecule has 35 heavy (non-hydrogen) atoms. The highest BCUT2D eigenvalue weighted by Crippen LogP contribution is 2.23. The van der Waals surface area contributed by atoms with Crippen molar-refractivity contribution in [3.8, 4) is 17.1 Å².